The van der Waals surface area contributed by atoms with Gasteiger partial charge >= 0.3 is 0 Å². The summed E-state index contributed by atoms with van der Waals surface area (Å²) in [5.41, 5.74) is 1.97. The minimum Gasteiger partial charge on any atom is -0.493 e. The van der Waals surface area contributed by atoms with E-state index in [0.717, 1.165) is 11.1 Å². The Balaban J connectivity index is 1.56. The standard InChI is InChI=1S/C23H19NO3S2/c1-24-22(25)21(29-23(24)28)13-15-10-11-19(20(12-15)26-2)27-14-17-8-5-7-16-6-3-4-9-18(16)17/h3-13H,14H2,1-2H3/b21-13-. The van der Waals surface area contributed by atoms with Gasteiger partial charge < -0.3 is 9.47 Å². The van der Waals surface area contributed by atoms with Gasteiger partial charge in [-0.2, -0.15) is 0 Å². The number of hydrogen-bond donors (Lipinski definition) is 0. The highest BCUT2D eigenvalue weighted by Crippen LogP contribution is 2.34. The van der Waals surface area contributed by atoms with Gasteiger partial charge in [0.1, 0.15) is 10.9 Å². The number of nitrogens with zero attached hydrogens (tertiary/aromatic N) is 1. The first-order chi connectivity index (χ1) is 14.1. The molecule has 0 aliphatic carbocycles. The van der Waals surface area contributed by atoms with Crippen molar-refractivity contribution in [3.63, 3.8) is 0 Å². The van der Waals surface area contributed by atoms with E-state index in [1.165, 1.54) is 27.4 Å². The molecule has 0 radical (unpaired) electrons. The number of fused-ring (bicyclic) bond motifs is 1. The van der Waals surface area contributed by atoms with E-state index in [0.29, 0.717) is 27.3 Å². The summed E-state index contributed by atoms with van der Waals surface area (Å²) in [4.78, 5) is 14.3. The van der Waals surface area contributed by atoms with Gasteiger partial charge in [-0.25, -0.2) is 0 Å². The van der Waals surface area contributed by atoms with Crippen LogP contribution in [0.5, 0.6) is 11.5 Å². The number of thiocarbonyl (C=S) groups is 1. The fourth-order valence-corrected chi connectivity index (χ4v) is 4.34. The summed E-state index contributed by atoms with van der Waals surface area (Å²) in [6, 6.07) is 20.1. The van der Waals surface area contributed by atoms with Gasteiger partial charge in [-0.3, -0.25) is 9.69 Å². The lowest BCUT2D eigenvalue weighted by molar-refractivity contribution is -0.121. The molecule has 0 aromatic heterocycles. The molecule has 4 rings (SSSR count). The minimum atomic E-state index is -0.0877. The van der Waals surface area contributed by atoms with E-state index in [9.17, 15) is 4.79 Å². The number of thioether (sulfide) groups is 1. The molecular weight excluding hydrogens is 402 g/mol. The number of carbonyl (C=O) groups excluding carboxylic acids is 1. The van der Waals surface area contributed by atoms with Crippen LogP contribution in [-0.4, -0.2) is 29.3 Å². The zero-order chi connectivity index (χ0) is 20.4. The smallest absolute Gasteiger partial charge is 0.265 e. The second-order valence-electron chi connectivity index (χ2n) is 6.58. The van der Waals surface area contributed by atoms with Crippen LogP contribution in [-0.2, 0) is 11.4 Å². The third kappa shape index (κ3) is 3.99. The number of likely N-dealkylation sites (N-methyl/N-ethyl adjacent to an activating group) is 1. The van der Waals surface area contributed by atoms with Crippen LogP contribution in [0.15, 0.2) is 65.6 Å². The van der Waals surface area contributed by atoms with E-state index in [1.807, 2.05) is 42.5 Å². The Morgan fingerprint density at radius 2 is 1.86 bits per heavy atom. The first-order valence-corrected chi connectivity index (χ1v) is 10.3. The molecule has 1 heterocycles. The second kappa shape index (κ2) is 8.27. The number of rotatable bonds is 5. The molecule has 0 N–H and O–H groups in total. The Labute approximate surface area is 179 Å². The molecule has 1 aliphatic rings. The molecule has 146 valence electrons. The van der Waals surface area contributed by atoms with Crippen LogP contribution in [0.1, 0.15) is 11.1 Å². The number of carbonyl (C=O) groups is 1. The van der Waals surface area contributed by atoms with Gasteiger partial charge in [-0.1, -0.05) is 72.5 Å². The number of methoxy groups -OCH3 is 1. The van der Waals surface area contributed by atoms with Gasteiger partial charge in [0.2, 0.25) is 0 Å². The van der Waals surface area contributed by atoms with Crippen molar-refractivity contribution in [2.45, 2.75) is 6.61 Å². The molecule has 0 saturated carbocycles. The molecule has 29 heavy (non-hydrogen) atoms. The zero-order valence-corrected chi connectivity index (χ0v) is 17.7. The number of ether oxygens (including phenoxy) is 2. The van der Waals surface area contributed by atoms with Crippen LogP contribution in [0.4, 0.5) is 0 Å². The van der Waals surface area contributed by atoms with Gasteiger partial charge in [0, 0.05) is 7.05 Å². The van der Waals surface area contributed by atoms with Crippen LogP contribution in [0.2, 0.25) is 0 Å². The Bertz CT molecular complexity index is 1130. The van der Waals surface area contributed by atoms with Crippen molar-refractivity contribution in [1.82, 2.24) is 4.90 Å². The van der Waals surface area contributed by atoms with E-state index in [1.54, 1.807) is 14.2 Å². The summed E-state index contributed by atoms with van der Waals surface area (Å²) < 4.78 is 12.1. The van der Waals surface area contributed by atoms with Crippen molar-refractivity contribution >= 4 is 51.1 Å². The third-order valence-electron chi connectivity index (χ3n) is 4.74. The Morgan fingerprint density at radius 1 is 1.07 bits per heavy atom. The fraction of sp³-hybridized carbons (Fsp3) is 0.130. The van der Waals surface area contributed by atoms with Crippen molar-refractivity contribution in [2.24, 2.45) is 0 Å². The second-order valence-corrected chi connectivity index (χ2v) is 8.25. The maximum absolute atomic E-state index is 12.2. The van der Waals surface area contributed by atoms with Crippen molar-refractivity contribution < 1.29 is 14.3 Å². The number of benzene rings is 3. The Hall–Kier alpha value is -2.83. The van der Waals surface area contributed by atoms with E-state index < -0.39 is 0 Å². The van der Waals surface area contributed by atoms with E-state index in [4.69, 9.17) is 21.7 Å². The van der Waals surface area contributed by atoms with E-state index >= 15 is 0 Å². The fourth-order valence-electron chi connectivity index (χ4n) is 3.16. The summed E-state index contributed by atoms with van der Waals surface area (Å²) >= 11 is 6.48. The van der Waals surface area contributed by atoms with Gasteiger partial charge in [0.15, 0.2) is 11.5 Å². The molecule has 1 fully saturated rings. The highest BCUT2D eigenvalue weighted by Gasteiger charge is 2.28. The van der Waals surface area contributed by atoms with Crippen molar-refractivity contribution in [3.8, 4) is 11.5 Å². The quantitative estimate of drug-likeness (QED) is 0.415. The average Bonchev–Trinajstić information content (AvgIpc) is 2.99. The average molecular weight is 422 g/mol. The summed E-state index contributed by atoms with van der Waals surface area (Å²) in [5, 5.41) is 2.36. The molecule has 1 amide bonds. The first-order valence-electron chi connectivity index (χ1n) is 9.06. The Kier molecular flexibility index (Phi) is 5.56. The molecular formula is C23H19NO3S2. The van der Waals surface area contributed by atoms with Crippen LogP contribution in [0.3, 0.4) is 0 Å². The largest absolute Gasteiger partial charge is 0.493 e. The van der Waals surface area contributed by atoms with Gasteiger partial charge in [0.05, 0.1) is 12.0 Å². The summed E-state index contributed by atoms with van der Waals surface area (Å²) in [7, 11) is 3.29. The highest BCUT2D eigenvalue weighted by atomic mass is 32.2. The Morgan fingerprint density at radius 3 is 2.62 bits per heavy atom. The third-order valence-corrected chi connectivity index (χ3v) is 6.22. The lowest BCUT2D eigenvalue weighted by atomic mass is 10.1. The van der Waals surface area contributed by atoms with Gasteiger partial charge in [-0.15, -0.1) is 0 Å². The van der Waals surface area contributed by atoms with Crippen molar-refractivity contribution in [3.05, 3.63) is 76.7 Å². The van der Waals surface area contributed by atoms with Gasteiger partial charge in [-0.05, 0) is 40.1 Å². The predicted molar refractivity (Wildman–Crippen MR) is 122 cm³/mol. The molecule has 0 spiro atoms. The predicted octanol–water partition coefficient (Wildman–Crippen LogP) is 5.26. The van der Waals surface area contributed by atoms with Crippen LogP contribution >= 0.6 is 24.0 Å². The maximum Gasteiger partial charge on any atom is 0.265 e. The molecule has 0 bridgehead atoms. The van der Waals surface area contributed by atoms with Gasteiger partial charge in [0.25, 0.3) is 5.91 Å². The molecule has 3 aromatic rings. The highest BCUT2D eigenvalue weighted by molar-refractivity contribution is 8.26. The monoisotopic (exact) mass is 421 g/mol. The maximum atomic E-state index is 12.2. The SMILES string of the molecule is COc1cc(/C=C2\SC(=S)N(C)C2=O)ccc1OCc1cccc2ccccc12. The topological polar surface area (TPSA) is 38.8 Å². The van der Waals surface area contributed by atoms with E-state index in [2.05, 4.69) is 24.3 Å². The summed E-state index contributed by atoms with van der Waals surface area (Å²) in [5.74, 6) is 1.18. The zero-order valence-electron chi connectivity index (χ0n) is 16.0. The van der Waals surface area contributed by atoms with Crippen LogP contribution in [0.25, 0.3) is 16.8 Å². The van der Waals surface area contributed by atoms with Crippen LogP contribution < -0.4 is 9.47 Å². The molecule has 4 nitrogen and oxygen atoms in total. The molecule has 0 atom stereocenters. The van der Waals surface area contributed by atoms with E-state index in [-0.39, 0.29) is 5.91 Å². The van der Waals surface area contributed by atoms with Crippen molar-refractivity contribution in [1.29, 1.82) is 0 Å². The minimum absolute atomic E-state index is 0.0877. The molecule has 1 saturated heterocycles. The number of amides is 1. The lowest BCUT2D eigenvalue weighted by Crippen LogP contribution is -2.22. The summed E-state index contributed by atoms with van der Waals surface area (Å²) in [6.07, 6.45) is 1.82. The van der Waals surface area contributed by atoms with Crippen LogP contribution in [0, 0.1) is 0 Å². The first kappa shape index (κ1) is 19.5. The van der Waals surface area contributed by atoms with Crippen molar-refractivity contribution in [2.75, 3.05) is 14.2 Å². The summed E-state index contributed by atoms with van der Waals surface area (Å²) in [6.45, 7) is 0.436. The molecule has 1 aliphatic heterocycles. The molecule has 3 aromatic carbocycles. The molecule has 6 heteroatoms. The number of hydrogen-bond acceptors (Lipinski definition) is 5. The lowest BCUT2D eigenvalue weighted by Gasteiger charge is -2.13. The molecule has 0 unspecified atom stereocenters. The normalized spacial score (nSPS) is 15.4.